The molecule has 0 heterocycles. The Bertz CT molecular complexity index is 581. The maximum atomic E-state index is 11.9. The van der Waals surface area contributed by atoms with E-state index in [4.69, 9.17) is 5.73 Å². The lowest BCUT2D eigenvalue weighted by Gasteiger charge is -2.13. The van der Waals surface area contributed by atoms with Gasteiger partial charge in [0.25, 0.3) is 0 Å². The van der Waals surface area contributed by atoms with Crippen LogP contribution in [0.2, 0.25) is 0 Å². The molecule has 0 spiro atoms. The van der Waals surface area contributed by atoms with Crippen LogP contribution in [0.1, 0.15) is 30.4 Å². The molecule has 0 radical (unpaired) electrons. The van der Waals surface area contributed by atoms with Crippen LogP contribution in [0.25, 0.3) is 0 Å². The summed E-state index contributed by atoms with van der Waals surface area (Å²) in [5, 5.41) is 2.99. The lowest BCUT2D eigenvalue weighted by molar-refractivity contribution is -0.121. The molecule has 2 rings (SSSR count). The van der Waals surface area contributed by atoms with Crippen LogP contribution in [0.3, 0.4) is 0 Å². The molecule has 0 bridgehead atoms. The number of hydrogen-bond donors (Lipinski definition) is 2. The van der Waals surface area contributed by atoms with Gasteiger partial charge in [-0.2, -0.15) is 0 Å². The van der Waals surface area contributed by atoms with Gasteiger partial charge in [-0.15, -0.1) is 0 Å². The molecule has 0 saturated carbocycles. The Kier molecular flexibility index (Phi) is 5.38. The van der Waals surface area contributed by atoms with Crippen LogP contribution in [-0.4, -0.2) is 12.5 Å². The lowest BCUT2D eigenvalue weighted by Crippen LogP contribution is -2.27. The smallest absolute Gasteiger partial charge is 0.220 e. The Labute approximate surface area is 126 Å². The third-order valence-electron chi connectivity index (χ3n) is 3.65. The first kappa shape index (κ1) is 15.1. The van der Waals surface area contributed by atoms with Gasteiger partial charge in [0.1, 0.15) is 0 Å². The van der Waals surface area contributed by atoms with Crippen molar-refractivity contribution in [2.75, 3.05) is 12.3 Å². The van der Waals surface area contributed by atoms with Gasteiger partial charge in [-0.1, -0.05) is 55.5 Å². The highest BCUT2D eigenvalue weighted by Crippen LogP contribution is 2.14. The average Bonchev–Trinajstić information content (AvgIpc) is 2.52. The van der Waals surface area contributed by atoms with E-state index >= 15 is 0 Å². The molecule has 0 aliphatic rings. The number of hydrogen-bond acceptors (Lipinski definition) is 2. The molecule has 110 valence electrons. The van der Waals surface area contributed by atoms with E-state index in [2.05, 4.69) is 24.4 Å². The zero-order chi connectivity index (χ0) is 15.1. The zero-order valence-electron chi connectivity index (χ0n) is 12.4. The Morgan fingerprint density at radius 1 is 1.10 bits per heavy atom. The van der Waals surface area contributed by atoms with Gasteiger partial charge in [-0.25, -0.2) is 0 Å². The Morgan fingerprint density at radius 3 is 2.48 bits per heavy atom. The predicted molar refractivity (Wildman–Crippen MR) is 87.0 cm³/mol. The number of benzene rings is 2. The van der Waals surface area contributed by atoms with Crippen molar-refractivity contribution in [1.29, 1.82) is 0 Å². The Balaban J connectivity index is 1.76. The molecule has 0 aliphatic carbocycles. The van der Waals surface area contributed by atoms with Crippen molar-refractivity contribution in [1.82, 2.24) is 5.32 Å². The van der Waals surface area contributed by atoms with E-state index in [1.807, 2.05) is 42.5 Å². The monoisotopic (exact) mass is 282 g/mol. The standard InChI is InChI=1S/C18H22N2O/c1-14(15-7-3-2-4-8-15)13-20-18(21)12-11-16-9-5-6-10-17(16)19/h2-10,14H,11-13,19H2,1H3,(H,20,21). The van der Waals surface area contributed by atoms with E-state index in [-0.39, 0.29) is 5.91 Å². The van der Waals surface area contributed by atoms with E-state index in [1.165, 1.54) is 5.56 Å². The van der Waals surface area contributed by atoms with Crippen molar-refractivity contribution in [3.63, 3.8) is 0 Å². The summed E-state index contributed by atoms with van der Waals surface area (Å²) in [6.07, 6.45) is 1.15. The number of anilines is 1. The van der Waals surface area contributed by atoms with Crippen LogP contribution >= 0.6 is 0 Å². The molecule has 1 unspecified atom stereocenters. The molecular formula is C18H22N2O. The zero-order valence-corrected chi connectivity index (χ0v) is 12.4. The number of rotatable bonds is 6. The molecule has 0 saturated heterocycles. The van der Waals surface area contributed by atoms with Gasteiger partial charge in [-0.05, 0) is 29.5 Å². The average molecular weight is 282 g/mol. The van der Waals surface area contributed by atoms with Gasteiger partial charge in [-0.3, -0.25) is 4.79 Å². The number of nitrogens with two attached hydrogens (primary N) is 1. The fourth-order valence-electron chi connectivity index (χ4n) is 2.26. The Hall–Kier alpha value is -2.29. The van der Waals surface area contributed by atoms with Crippen molar-refractivity contribution in [2.24, 2.45) is 0 Å². The molecule has 2 aromatic carbocycles. The van der Waals surface area contributed by atoms with Gasteiger partial charge < -0.3 is 11.1 Å². The van der Waals surface area contributed by atoms with Gasteiger partial charge in [0, 0.05) is 18.7 Å². The lowest BCUT2D eigenvalue weighted by atomic mass is 10.0. The summed E-state index contributed by atoms with van der Waals surface area (Å²) in [5.74, 6) is 0.387. The molecule has 1 atom stereocenters. The largest absolute Gasteiger partial charge is 0.399 e. The highest BCUT2D eigenvalue weighted by molar-refractivity contribution is 5.76. The number of aryl methyl sites for hydroxylation is 1. The molecule has 0 fully saturated rings. The Morgan fingerprint density at radius 2 is 1.76 bits per heavy atom. The summed E-state index contributed by atoms with van der Waals surface area (Å²) >= 11 is 0. The first-order valence-electron chi connectivity index (χ1n) is 7.32. The van der Waals surface area contributed by atoms with Gasteiger partial charge in [0.15, 0.2) is 0 Å². The summed E-state index contributed by atoms with van der Waals surface area (Å²) in [4.78, 5) is 11.9. The second kappa shape index (κ2) is 7.48. The number of carbonyl (C=O) groups excluding carboxylic acids is 1. The third kappa shape index (κ3) is 4.63. The van der Waals surface area contributed by atoms with Gasteiger partial charge >= 0.3 is 0 Å². The summed E-state index contributed by atoms with van der Waals surface area (Å²) in [7, 11) is 0. The number of carbonyl (C=O) groups is 1. The van der Waals surface area contributed by atoms with Crippen molar-refractivity contribution >= 4 is 11.6 Å². The van der Waals surface area contributed by atoms with E-state index in [9.17, 15) is 4.79 Å². The van der Waals surface area contributed by atoms with Crippen LogP contribution in [-0.2, 0) is 11.2 Å². The number of nitrogens with one attached hydrogen (secondary N) is 1. The SMILES string of the molecule is CC(CNC(=O)CCc1ccccc1N)c1ccccc1. The topological polar surface area (TPSA) is 55.1 Å². The first-order chi connectivity index (χ1) is 10.2. The van der Waals surface area contributed by atoms with Crippen LogP contribution in [0, 0.1) is 0 Å². The number of para-hydroxylation sites is 1. The fourth-order valence-corrected chi connectivity index (χ4v) is 2.26. The van der Waals surface area contributed by atoms with E-state index in [0.29, 0.717) is 25.3 Å². The quantitative estimate of drug-likeness (QED) is 0.800. The molecule has 2 aromatic rings. The fraction of sp³-hybridized carbons (Fsp3) is 0.278. The van der Waals surface area contributed by atoms with Crippen LogP contribution in [0.15, 0.2) is 54.6 Å². The number of nitrogen functional groups attached to an aromatic ring is 1. The first-order valence-corrected chi connectivity index (χ1v) is 7.32. The molecule has 3 heteroatoms. The molecule has 0 aliphatic heterocycles. The summed E-state index contributed by atoms with van der Waals surface area (Å²) in [5.41, 5.74) is 8.90. The van der Waals surface area contributed by atoms with E-state index in [1.54, 1.807) is 0 Å². The maximum Gasteiger partial charge on any atom is 0.220 e. The van der Waals surface area contributed by atoms with Crippen LogP contribution in [0.4, 0.5) is 5.69 Å². The normalized spacial score (nSPS) is 11.9. The van der Waals surface area contributed by atoms with Gasteiger partial charge in [0.2, 0.25) is 5.91 Å². The summed E-state index contributed by atoms with van der Waals surface area (Å²) in [6, 6.07) is 17.9. The molecule has 3 N–H and O–H groups in total. The molecule has 3 nitrogen and oxygen atoms in total. The summed E-state index contributed by atoms with van der Waals surface area (Å²) < 4.78 is 0. The van der Waals surface area contributed by atoms with Gasteiger partial charge in [0.05, 0.1) is 0 Å². The molecular weight excluding hydrogens is 260 g/mol. The molecule has 0 aromatic heterocycles. The minimum atomic E-state index is 0.0704. The molecule has 21 heavy (non-hydrogen) atoms. The highest BCUT2D eigenvalue weighted by Gasteiger charge is 2.08. The minimum Gasteiger partial charge on any atom is -0.399 e. The second-order valence-electron chi connectivity index (χ2n) is 5.31. The van der Waals surface area contributed by atoms with E-state index < -0.39 is 0 Å². The minimum absolute atomic E-state index is 0.0704. The maximum absolute atomic E-state index is 11.9. The summed E-state index contributed by atoms with van der Waals surface area (Å²) in [6.45, 7) is 2.78. The molecule has 1 amide bonds. The predicted octanol–water partition coefficient (Wildman–Crippen LogP) is 3.12. The van der Waals surface area contributed by atoms with Crippen molar-refractivity contribution < 1.29 is 4.79 Å². The van der Waals surface area contributed by atoms with Crippen LogP contribution in [0.5, 0.6) is 0 Å². The van der Waals surface area contributed by atoms with Crippen LogP contribution < -0.4 is 11.1 Å². The van der Waals surface area contributed by atoms with E-state index in [0.717, 1.165) is 11.3 Å². The van der Waals surface area contributed by atoms with Crippen molar-refractivity contribution in [2.45, 2.75) is 25.7 Å². The highest BCUT2D eigenvalue weighted by atomic mass is 16.1. The van der Waals surface area contributed by atoms with Crippen molar-refractivity contribution in [3.05, 3.63) is 65.7 Å². The third-order valence-corrected chi connectivity index (χ3v) is 3.65. The van der Waals surface area contributed by atoms with Crippen molar-refractivity contribution in [3.8, 4) is 0 Å². The number of amides is 1. The second-order valence-corrected chi connectivity index (χ2v) is 5.31.